The quantitative estimate of drug-likeness (QED) is 0.840. The third kappa shape index (κ3) is 2.47. The van der Waals surface area contributed by atoms with Crippen LogP contribution in [0.2, 0.25) is 0 Å². The molecule has 1 fully saturated rings. The van der Waals surface area contributed by atoms with Crippen molar-refractivity contribution < 1.29 is 0 Å². The largest absolute Gasteiger partial charge is 0.398 e. The second kappa shape index (κ2) is 4.30. The standard InChI is InChI=1S/C11H15BrN2/c12-10(8-1-2-8)4-3-9-7-14-6-5-11(9)13/h5-8,10H,1-4H2,(H2,13,14). The molecular weight excluding hydrogens is 240 g/mol. The summed E-state index contributed by atoms with van der Waals surface area (Å²) in [5.74, 6) is 0.910. The van der Waals surface area contributed by atoms with Crippen LogP contribution in [0.3, 0.4) is 0 Å². The average molecular weight is 255 g/mol. The smallest absolute Gasteiger partial charge is 0.0377 e. The number of nitrogens with zero attached hydrogens (tertiary/aromatic N) is 1. The van der Waals surface area contributed by atoms with Crippen LogP contribution in [-0.4, -0.2) is 9.81 Å². The lowest BCUT2D eigenvalue weighted by molar-refractivity contribution is 0.696. The molecule has 3 heteroatoms. The van der Waals surface area contributed by atoms with Crippen molar-refractivity contribution in [2.24, 2.45) is 5.92 Å². The second-order valence-corrected chi connectivity index (χ2v) is 5.14. The van der Waals surface area contributed by atoms with E-state index < -0.39 is 0 Å². The molecule has 1 unspecified atom stereocenters. The highest BCUT2D eigenvalue weighted by Crippen LogP contribution is 2.38. The number of hydrogen-bond acceptors (Lipinski definition) is 2. The summed E-state index contributed by atoms with van der Waals surface area (Å²) in [7, 11) is 0. The summed E-state index contributed by atoms with van der Waals surface area (Å²) < 4.78 is 0. The summed E-state index contributed by atoms with van der Waals surface area (Å²) in [6.45, 7) is 0. The summed E-state index contributed by atoms with van der Waals surface area (Å²) in [6.07, 6.45) is 8.59. The Balaban J connectivity index is 1.87. The Labute approximate surface area is 93.0 Å². The molecule has 2 nitrogen and oxygen atoms in total. The molecule has 1 saturated carbocycles. The Morgan fingerprint density at radius 2 is 2.36 bits per heavy atom. The number of pyridine rings is 1. The van der Waals surface area contributed by atoms with Crippen LogP contribution in [0.25, 0.3) is 0 Å². The molecule has 1 aromatic heterocycles. The van der Waals surface area contributed by atoms with E-state index in [2.05, 4.69) is 20.9 Å². The zero-order valence-electron chi connectivity index (χ0n) is 8.12. The van der Waals surface area contributed by atoms with Crippen molar-refractivity contribution in [2.75, 3.05) is 5.73 Å². The van der Waals surface area contributed by atoms with Crippen LogP contribution in [0.5, 0.6) is 0 Å². The molecule has 0 saturated heterocycles. The topological polar surface area (TPSA) is 38.9 Å². The van der Waals surface area contributed by atoms with E-state index in [1.54, 1.807) is 6.20 Å². The van der Waals surface area contributed by atoms with Crippen molar-refractivity contribution >= 4 is 21.6 Å². The fourth-order valence-electron chi connectivity index (χ4n) is 1.63. The van der Waals surface area contributed by atoms with Crippen molar-refractivity contribution in [3.8, 4) is 0 Å². The maximum Gasteiger partial charge on any atom is 0.0377 e. The number of anilines is 1. The van der Waals surface area contributed by atoms with Gasteiger partial charge in [-0.2, -0.15) is 0 Å². The molecule has 0 bridgehead atoms. The highest BCUT2D eigenvalue weighted by atomic mass is 79.9. The molecule has 0 spiro atoms. The molecule has 0 amide bonds. The number of hydrogen-bond donors (Lipinski definition) is 1. The van der Waals surface area contributed by atoms with Crippen LogP contribution in [0.15, 0.2) is 18.5 Å². The van der Waals surface area contributed by atoms with Gasteiger partial charge >= 0.3 is 0 Å². The molecule has 1 aromatic rings. The predicted octanol–water partition coefficient (Wildman–Crippen LogP) is 2.77. The van der Waals surface area contributed by atoms with Gasteiger partial charge in [0.05, 0.1) is 0 Å². The molecule has 76 valence electrons. The molecule has 1 aliphatic carbocycles. The van der Waals surface area contributed by atoms with E-state index in [4.69, 9.17) is 5.73 Å². The van der Waals surface area contributed by atoms with Gasteiger partial charge < -0.3 is 5.73 Å². The first kappa shape index (κ1) is 9.97. The van der Waals surface area contributed by atoms with Gasteiger partial charge in [0.1, 0.15) is 0 Å². The van der Waals surface area contributed by atoms with Gasteiger partial charge in [-0.3, -0.25) is 4.98 Å². The first-order chi connectivity index (χ1) is 6.77. The minimum atomic E-state index is 0.669. The van der Waals surface area contributed by atoms with Crippen LogP contribution in [-0.2, 0) is 6.42 Å². The van der Waals surface area contributed by atoms with Crippen molar-refractivity contribution in [1.29, 1.82) is 0 Å². The molecule has 14 heavy (non-hydrogen) atoms. The van der Waals surface area contributed by atoms with Gasteiger partial charge in [0, 0.05) is 22.9 Å². The van der Waals surface area contributed by atoms with Crippen molar-refractivity contribution in [1.82, 2.24) is 4.98 Å². The molecule has 0 radical (unpaired) electrons. The number of nitrogens with two attached hydrogens (primary N) is 1. The van der Waals surface area contributed by atoms with Crippen molar-refractivity contribution in [3.63, 3.8) is 0 Å². The lowest BCUT2D eigenvalue weighted by atomic mass is 10.1. The van der Waals surface area contributed by atoms with Gasteiger partial charge in [0.2, 0.25) is 0 Å². The van der Waals surface area contributed by atoms with Gasteiger partial charge in [-0.1, -0.05) is 15.9 Å². The van der Waals surface area contributed by atoms with Crippen LogP contribution in [0.4, 0.5) is 5.69 Å². The number of halogens is 1. The number of aryl methyl sites for hydroxylation is 1. The van der Waals surface area contributed by atoms with E-state index in [-0.39, 0.29) is 0 Å². The molecule has 0 aliphatic heterocycles. The van der Waals surface area contributed by atoms with Crippen LogP contribution < -0.4 is 5.73 Å². The zero-order valence-corrected chi connectivity index (χ0v) is 9.70. The van der Waals surface area contributed by atoms with Crippen LogP contribution >= 0.6 is 15.9 Å². The summed E-state index contributed by atoms with van der Waals surface area (Å²) in [5, 5.41) is 0. The third-order valence-corrected chi connectivity index (χ3v) is 3.97. The predicted molar refractivity (Wildman–Crippen MR) is 62.4 cm³/mol. The first-order valence-electron chi connectivity index (χ1n) is 5.10. The number of aromatic nitrogens is 1. The fraction of sp³-hybridized carbons (Fsp3) is 0.545. The Morgan fingerprint density at radius 1 is 1.57 bits per heavy atom. The van der Waals surface area contributed by atoms with E-state index in [0.717, 1.165) is 18.0 Å². The highest BCUT2D eigenvalue weighted by molar-refractivity contribution is 9.09. The molecule has 1 aliphatic rings. The minimum Gasteiger partial charge on any atom is -0.398 e. The SMILES string of the molecule is Nc1ccncc1CCC(Br)C1CC1. The Kier molecular flexibility index (Phi) is 3.06. The first-order valence-corrected chi connectivity index (χ1v) is 6.01. The van der Waals surface area contributed by atoms with Crippen LogP contribution in [0, 0.1) is 5.92 Å². The van der Waals surface area contributed by atoms with Gasteiger partial charge in [-0.15, -0.1) is 0 Å². The van der Waals surface area contributed by atoms with Crippen LogP contribution in [0.1, 0.15) is 24.8 Å². The summed E-state index contributed by atoms with van der Waals surface area (Å²) in [4.78, 5) is 4.76. The molecule has 1 heterocycles. The minimum absolute atomic E-state index is 0.669. The Bertz CT molecular complexity index is 310. The maximum absolute atomic E-state index is 5.84. The zero-order chi connectivity index (χ0) is 9.97. The maximum atomic E-state index is 5.84. The lowest BCUT2D eigenvalue weighted by Crippen LogP contribution is -2.04. The van der Waals surface area contributed by atoms with Gasteiger partial charge in [-0.25, -0.2) is 0 Å². The molecule has 0 aromatic carbocycles. The van der Waals surface area contributed by atoms with E-state index >= 15 is 0 Å². The molecule has 2 rings (SSSR count). The molecule has 1 atom stereocenters. The lowest BCUT2D eigenvalue weighted by Gasteiger charge is -2.08. The number of rotatable bonds is 4. The van der Waals surface area contributed by atoms with Gasteiger partial charge in [0.25, 0.3) is 0 Å². The van der Waals surface area contributed by atoms with E-state index in [0.29, 0.717) is 4.83 Å². The number of alkyl halides is 1. The molecule has 2 N–H and O–H groups in total. The normalized spacial score (nSPS) is 18.1. The monoisotopic (exact) mass is 254 g/mol. The van der Waals surface area contributed by atoms with Crippen molar-refractivity contribution in [3.05, 3.63) is 24.0 Å². The third-order valence-electron chi connectivity index (χ3n) is 2.76. The fourth-order valence-corrected chi connectivity index (χ4v) is 2.39. The average Bonchev–Trinajstić information content (AvgIpc) is 2.99. The highest BCUT2D eigenvalue weighted by Gasteiger charge is 2.28. The second-order valence-electron chi connectivity index (χ2n) is 3.97. The van der Waals surface area contributed by atoms with E-state index in [9.17, 15) is 0 Å². The summed E-state index contributed by atoms with van der Waals surface area (Å²) in [5.41, 5.74) is 7.89. The van der Waals surface area contributed by atoms with Gasteiger partial charge in [-0.05, 0) is 43.2 Å². The summed E-state index contributed by atoms with van der Waals surface area (Å²) in [6, 6.07) is 1.87. The van der Waals surface area contributed by atoms with E-state index in [1.165, 1.54) is 24.8 Å². The Morgan fingerprint density at radius 3 is 3.00 bits per heavy atom. The molecular formula is C11H15BrN2. The van der Waals surface area contributed by atoms with Crippen molar-refractivity contribution in [2.45, 2.75) is 30.5 Å². The summed E-state index contributed by atoms with van der Waals surface area (Å²) >= 11 is 3.73. The number of nitrogen functional groups attached to an aromatic ring is 1. The Hall–Kier alpha value is -0.570. The van der Waals surface area contributed by atoms with Gasteiger partial charge in [0.15, 0.2) is 0 Å². The van der Waals surface area contributed by atoms with E-state index in [1.807, 2.05) is 12.3 Å².